The summed E-state index contributed by atoms with van der Waals surface area (Å²) < 4.78 is 41.8. The molecule has 5 nitrogen and oxygen atoms in total. The SMILES string of the molecule is COc1cc(C2=NCCN2c2ccc(S(C)(=O)=O)cc2)ccc1F. The number of ether oxygens (including phenoxy) is 1. The van der Waals surface area contributed by atoms with Gasteiger partial charge >= 0.3 is 0 Å². The van der Waals surface area contributed by atoms with Crippen molar-refractivity contribution in [3.63, 3.8) is 0 Å². The highest BCUT2D eigenvalue weighted by atomic mass is 32.2. The molecule has 0 aliphatic carbocycles. The van der Waals surface area contributed by atoms with Crippen LogP contribution >= 0.6 is 0 Å². The molecule has 24 heavy (non-hydrogen) atoms. The molecular weight excluding hydrogens is 331 g/mol. The summed E-state index contributed by atoms with van der Waals surface area (Å²) in [6.07, 6.45) is 1.18. The van der Waals surface area contributed by atoms with Gasteiger partial charge in [0, 0.05) is 24.1 Å². The molecule has 7 heteroatoms. The van der Waals surface area contributed by atoms with Crippen LogP contribution in [-0.2, 0) is 9.84 Å². The number of aliphatic imine (C=N–C) groups is 1. The quantitative estimate of drug-likeness (QED) is 0.852. The van der Waals surface area contributed by atoms with Crippen molar-refractivity contribution >= 4 is 21.4 Å². The smallest absolute Gasteiger partial charge is 0.175 e. The van der Waals surface area contributed by atoms with Crippen molar-refractivity contribution in [3.8, 4) is 5.75 Å². The lowest BCUT2D eigenvalue weighted by atomic mass is 10.1. The van der Waals surface area contributed by atoms with E-state index in [1.165, 1.54) is 19.4 Å². The molecule has 0 atom stereocenters. The predicted octanol–water partition coefficient (Wildman–Crippen LogP) is 2.50. The Bertz CT molecular complexity index is 893. The van der Waals surface area contributed by atoms with Crippen molar-refractivity contribution in [2.75, 3.05) is 31.4 Å². The number of benzene rings is 2. The van der Waals surface area contributed by atoms with Gasteiger partial charge < -0.3 is 9.64 Å². The highest BCUT2D eigenvalue weighted by Gasteiger charge is 2.21. The summed E-state index contributed by atoms with van der Waals surface area (Å²) in [5.74, 6) is 0.443. The van der Waals surface area contributed by atoms with Gasteiger partial charge in [-0.3, -0.25) is 4.99 Å². The molecule has 0 spiro atoms. The van der Waals surface area contributed by atoms with Crippen LogP contribution in [0.4, 0.5) is 10.1 Å². The Hall–Kier alpha value is -2.41. The van der Waals surface area contributed by atoms with E-state index in [0.29, 0.717) is 18.9 Å². The molecular formula is C17H17FN2O3S. The van der Waals surface area contributed by atoms with Crippen molar-refractivity contribution in [2.24, 2.45) is 4.99 Å². The van der Waals surface area contributed by atoms with E-state index in [0.717, 1.165) is 11.3 Å². The minimum atomic E-state index is -3.23. The maximum absolute atomic E-state index is 13.6. The van der Waals surface area contributed by atoms with Crippen molar-refractivity contribution < 1.29 is 17.5 Å². The van der Waals surface area contributed by atoms with Gasteiger partial charge in [0.2, 0.25) is 0 Å². The molecule has 0 saturated carbocycles. The minimum absolute atomic E-state index is 0.162. The Labute approximate surface area is 140 Å². The molecule has 0 fully saturated rings. The zero-order valence-electron chi connectivity index (χ0n) is 13.4. The van der Waals surface area contributed by atoms with Gasteiger partial charge in [-0.25, -0.2) is 12.8 Å². The monoisotopic (exact) mass is 348 g/mol. The van der Waals surface area contributed by atoms with E-state index >= 15 is 0 Å². The zero-order chi connectivity index (χ0) is 17.3. The van der Waals surface area contributed by atoms with Crippen molar-refractivity contribution in [1.82, 2.24) is 0 Å². The highest BCUT2D eigenvalue weighted by molar-refractivity contribution is 7.90. The maximum atomic E-state index is 13.6. The first-order valence-corrected chi connectivity index (χ1v) is 9.25. The Morgan fingerprint density at radius 3 is 2.50 bits per heavy atom. The second kappa shape index (κ2) is 6.24. The predicted molar refractivity (Wildman–Crippen MR) is 91.3 cm³/mol. The topological polar surface area (TPSA) is 59.0 Å². The molecule has 0 radical (unpaired) electrons. The molecule has 1 aliphatic rings. The van der Waals surface area contributed by atoms with Crippen LogP contribution in [0.5, 0.6) is 5.75 Å². The third kappa shape index (κ3) is 3.12. The van der Waals surface area contributed by atoms with Crippen LogP contribution in [0.25, 0.3) is 0 Å². The van der Waals surface area contributed by atoms with Gasteiger partial charge in [0.05, 0.1) is 18.6 Å². The lowest BCUT2D eigenvalue weighted by Gasteiger charge is -2.21. The van der Waals surface area contributed by atoms with Gasteiger partial charge in [0.15, 0.2) is 21.4 Å². The largest absolute Gasteiger partial charge is 0.494 e. The van der Waals surface area contributed by atoms with Crippen LogP contribution in [0, 0.1) is 5.82 Å². The minimum Gasteiger partial charge on any atom is -0.494 e. The molecule has 0 amide bonds. The lowest BCUT2D eigenvalue weighted by Crippen LogP contribution is -2.28. The van der Waals surface area contributed by atoms with Crippen molar-refractivity contribution in [1.29, 1.82) is 0 Å². The number of hydrogen-bond donors (Lipinski definition) is 0. The molecule has 0 unspecified atom stereocenters. The van der Waals surface area contributed by atoms with Crippen molar-refractivity contribution in [3.05, 3.63) is 53.8 Å². The second-order valence-electron chi connectivity index (χ2n) is 5.47. The van der Waals surface area contributed by atoms with E-state index in [2.05, 4.69) is 4.99 Å². The summed E-state index contributed by atoms with van der Waals surface area (Å²) in [6, 6.07) is 11.3. The number of amidine groups is 1. The number of sulfone groups is 1. The lowest BCUT2D eigenvalue weighted by molar-refractivity contribution is 0.386. The van der Waals surface area contributed by atoms with E-state index in [1.807, 2.05) is 4.90 Å². The molecule has 0 bridgehead atoms. The Morgan fingerprint density at radius 1 is 1.17 bits per heavy atom. The van der Waals surface area contributed by atoms with Gasteiger partial charge in [0.1, 0.15) is 5.84 Å². The number of halogens is 1. The van der Waals surface area contributed by atoms with Gasteiger partial charge in [-0.05, 0) is 42.5 Å². The van der Waals surface area contributed by atoms with E-state index in [1.54, 1.807) is 36.4 Å². The molecule has 2 aromatic rings. The van der Waals surface area contributed by atoms with Crippen LogP contribution in [0.1, 0.15) is 5.56 Å². The molecule has 0 N–H and O–H groups in total. The first-order valence-electron chi connectivity index (χ1n) is 7.36. The van der Waals surface area contributed by atoms with Crippen LogP contribution in [0.3, 0.4) is 0 Å². The van der Waals surface area contributed by atoms with Crippen LogP contribution < -0.4 is 9.64 Å². The Balaban J connectivity index is 1.93. The molecule has 3 rings (SSSR count). The third-order valence-corrected chi connectivity index (χ3v) is 4.96. The van der Waals surface area contributed by atoms with Gasteiger partial charge in [-0.15, -0.1) is 0 Å². The summed E-state index contributed by atoms with van der Waals surface area (Å²) in [5.41, 5.74) is 1.58. The molecule has 1 aliphatic heterocycles. The molecule has 2 aromatic carbocycles. The highest BCUT2D eigenvalue weighted by Crippen LogP contribution is 2.25. The zero-order valence-corrected chi connectivity index (χ0v) is 14.2. The van der Waals surface area contributed by atoms with E-state index in [4.69, 9.17) is 4.74 Å². The Kier molecular flexibility index (Phi) is 4.28. The second-order valence-corrected chi connectivity index (χ2v) is 7.49. The fourth-order valence-corrected chi connectivity index (χ4v) is 3.25. The van der Waals surface area contributed by atoms with E-state index in [9.17, 15) is 12.8 Å². The fourth-order valence-electron chi connectivity index (χ4n) is 2.62. The van der Waals surface area contributed by atoms with Gasteiger partial charge in [0.25, 0.3) is 0 Å². The van der Waals surface area contributed by atoms with E-state index in [-0.39, 0.29) is 10.6 Å². The normalized spacial score (nSPS) is 14.6. The number of rotatable bonds is 4. The molecule has 0 aromatic heterocycles. The average molecular weight is 348 g/mol. The third-order valence-electron chi connectivity index (χ3n) is 3.83. The van der Waals surface area contributed by atoms with Crippen molar-refractivity contribution in [2.45, 2.75) is 4.90 Å². The van der Waals surface area contributed by atoms with Crippen LogP contribution in [-0.4, -0.2) is 40.7 Å². The number of anilines is 1. The fraction of sp³-hybridized carbons (Fsp3) is 0.235. The summed E-state index contributed by atoms with van der Waals surface area (Å²) in [4.78, 5) is 6.73. The molecule has 126 valence electrons. The summed E-state index contributed by atoms with van der Waals surface area (Å²) in [6.45, 7) is 1.29. The van der Waals surface area contributed by atoms with Crippen LogP contribution in [0.2, 0.25) is 0 Å². The average Bonchev–Trinajstić information content (AvgIpc) is 3.04. The van der Waals surface area contributed by atoms with Gasteiger partial charge in [-0.1, -0.05) is 0 Å². The summed E-state index contributed by atoms with van der Waals surface area (Å²) in [5, 5.41) is 0. The number of methoxy groups -OCH3 is 1. The first kappa shape index (κ1) is 16.4. The number of hydrogen-bond acceptors (Lipinski definition) is 5. The summed E-state index contributed by atoms with van der Waals surface area (Å²) >= 11 is 0. The first-order chi connectivity index (χ1) is 11.4. The van der Waals surface area contributed by atoms with E-state index < -0.39 is 15.7 Å². The molecule has 1 heterocycles. The Morgan fingerprint density at radius 2 is 1.88 bits per heavy atom. The van der Waals surface area contributed by atoms with Crippen LogP contribution in [0.15, 0.2) is 52.4 Å². The van der Waals surface area contributed by atoms with Gasteiger partial charge in [-0.2, -0.15) is 0 Å². The molecule has 0 saturated heterocycles. The number of nitrogens with zero attached hydrogens (tertiary/aromatic N) is 2. The maximum Gasteiger partial charge on any atom is 0.175 e. The summed E-state index contributed by atoms with van der Waals surface area (Å²) in [7, 11) is -1.81. The standard InChI is InChI=1S/C17H17FN2O3S/c1-23-16-11-12(3-8-15(16)18)17-19-9-10-20(17)13-4-6-14(7-5-13)24(2,21)22/h3-8,11H,9-10H2,1-2H3.